The summed E-state index contributed by atoms with van der Waals surface area (Å²) in [6.45, 7) is 1.79. The molecule has 1 N–H and O–H groups in total. The number of ether oxygens (including phenoxy) is 1. The Kier molecular flexibility index (Phi) is 3.53. The van der Waals surface area contributed by atoms with E-state index in [2.05, 4.69) is 15.3 Å². The summed E-state index contributed by atoms with van der Waals surface area (Å²) in [7, 11) is 1.37. The molecule has 0 fully saturated rings. The number of aryl methyl sites for hydroxylation is 1. The monoisotopic (exact) mass is 299 g/mol. The van der Waals surface area contributed by atoms with Crippen molar-refractivity contribution in [3.05, 3.63) is 47.2 Å². The standard InChI is InChI=1S/C15H13N3O2S/c1-9-13(14(19)20-2)21-15(17-9)18-12-5-3-4-10-8-16-7-6-11(10)12/h3-8H,1-2H3,(H,17,18). The van der Waals surface area contributed by atoms with E-state index in [1.54, 1.807) is 13.1 Å². The lowest BCUT2D eigenvalue weighted by atomic mass is 10.1. The van der Waals surface area contributed by atoms with E-state index in [0.717, 1.165) is 16.5 Å². The first kappa shape index (κ1) is 13.5. The Balaban J connectivity index is 1.98. The van der Waals surface area contributed by atoms with Gasteiger partial charge in [0, 0.05) is 28.9 Å². The van der Waals surface area contributed by atoms with E-state index in [1.165, 1.54) is 18.4 Å². The van der Waals surface area contributed by atoms with Crippen molar-refractivity contribution < 1.29 is 9.53 Å². The van der Waals surface area contributed by atoms with E-state index in [4.69, 9.17) is 4.74 Å². The number of carbonyl (C=O) groups excluding carboxylic acids is 1. The summed E-state index contributed by atoms with van der Waals surface area (Å²) in [4.78, 5) is 20.6. The first-order chi connectivity index (χ1) is 10.2. The molecule has 0 saturated carbocycles. The van der Waals surface area contributed by atoms with Gasteiger partial charge in [0.1, 0.15) is 4.88 Å². The van der Waals surface area contributed by atoms with Gasteiger partial charge in [-0.25, -0.2) is 9.78 Å². The molecule has 0 aliphatic heterocycles. The number of thiazole rings is 1. The average Bonchev–Trinajstić information content (AvgIpc) is 2.87. The number of anilines is 2. The molecular weight excluding hydrogens is 286 g/mol. The largest absolute Gasteiger partial charge is 0.465 e. The number of benzene rings is 1. The second-order valence-corrected chi connectivity index (χ2v) is 5.45. The summed E-state index contributed by atoms with van der Waals surface area (Å²) in [6.07, 6.45) is 3.56. The number of hydrogen-bond donors (Lipinski definition) is 1. The predicted molar refractivity (Wildman–Crippen MR) is 83.2 cm³/mol. The maximum absolute atomic E-state index is 11.6. The van der Waals surface area contributed by atoms with Gasteiger partial charge in [-0.1, -0.05) is 23.5 Å². The SMILES string of the molecule is COC(=O)c1sc(Nc2cccc3cnccc23)nc1C. The molecule has 0 bridgehead atoms. The minimum atomic E-state index is -0.361. The van der Waals surface area contributed by atoms with E-state index in [0.29, 0.717) is 15.7 Å². The van der Waals surface area contributed by atoms with Crippen molar-refractivity contribution in [3.63, 3.8) is 0 Å². The van der Waals surface area contributed by atoms with Gasteiger partial charge in [-0.2, -0.15) is 0 Å². The van der Waals surface area contributed by atoms with Crippen molar-refractivity contribution >= 4 is 38.9 Å². The quantitative estimate of drug-likeness (QED) is 0.749. The molecule has 0 aliphatic carbocycles. The highest BCUT2D eigenvalue weighted by molar-refractivity contribution is 7.17. The number of nitrogens with one attached hydrogen (secondary N) is 1. The molecule has 2 aromatic heterocycles. The topological polar surface area (TPSA) is 64.1 Å². The highest BCUT2D eigenvalue weighted by atomic mass is 32.1. The number of esters is 1. The fourth-order valence-electron chi connectivity index (χ4n) is 2.08. The van der Waals surface area contributed by atoms with Crippen molar-refractivity contribution in [1.82, 2.24) is 9.97 Å². The number of carbonyl (C=O) groups is 1. The molecule has 0 atom stereocenters. The van der Waals surface area contributed by atoms with Crippen LogP contribution in [0.2, 0.25) is 0 Å². The normalized spacial score (nSPS) is 10.6. The lowest BCUT2D eigenvalue weighted by molar-refractivity contribution is 0.0605. The Bertz CT molecular complexity index is 808. The van der Waals surface area contributed by atoms with Gasteiger partial charge < -0.3 is 10.1 Å². The Hall–Kier alpha value is -2.47. The van der Waals surface area contributed by atoms with Crippen LogP contribution in [0.3, 0.4) is 0 Å². The second kappa shape index (κ2) is 5.49. The molecule has 3 aromatic rings. The summed E-state index contributed by atoms with van der Waals surface area (Å²) in [6, 6.07) is 7.87. The van der Waals surface area contributed by atoms with Crippen LogP contribution in [0.25, 0.3) is 10.8 Å². The fraction of sp³-hybridized carbons (Fsp3) is 0.133. The van der Waals surface area contributed by atoms with Crippen molar-refractivity contribution in [2.45, 2.75) is 6.92 Å². The number of aromatic nitrogens is 2. The van der Waals surface area contributed by atoms with E-state index in [9.17, 15) is 4.79 Å². The van der Waals surface area contributed by atoms with Gasteiger partial charge in [0.05, 0.1) is 12.8 Å². The highest BCUT2D eigenvalue weighted by Crippen LogP contribution is 2.29. The Morgan fingerprint density at radius 2 is 2.19 bits per heavy atom. The Morgan fingerprint density at radius 1 is 1.33 bits per heavy atom. The lowest BCUT2D eigenvalue weighted by Gasteiger charge is -2.06. The van der Waals surface area contributed by atoms with E-state index < -0.39 is 0 Å². The third-order valence-corrected chi connectivity index (χ3v) is 4.14. The van der Waals surface area contributed by atoms with Crippen LogP contribution in [0, 0.1) is 6.92 Å². The number of rotatable bonds is 3. The zero-order valence-electron chi connectivity index (χ0n) is 11.6. The summed E-state index contributed by atoms with van der Waals surface area (Å²) in [5, 5.41) is 6.02. The van der Waals surface area contributed by atoms with Crippen LogP contribution >= 0.6 is 11.3 Å². The van der Waals surface area contributed by atoms with Gasteiger partial charge in [-0.05, 0) is 19.1 Å². The Morgan fingerprint density at radius 3 is 3.00 bits per heavy atom. The summed E-state index contributed by atoms with van der Waals surface area (Å²) < 4.78 is 4.75. The molecule has 1 aromatic carbocycles. The van der Waals surface area contributed by atoms with Crippen molar-refractivity contribution in [1.29, 1.82) is 0 Å². The summed E-state index contributed by atoms with van der Waals surface area (Å²) in [5.74, 6) is -0.361. The molecule has 0 amide bonds. The lowest BCUT2D eigenvalue weighted by Crippen LogP contribution is -1.99. The molecule has 0 spiro atoms. The fourth-order valence-corrected chi connectivity index (χ4v) is 2.98. The molecule has 106 valence electrons. The van der Waals surface area contributed by atoms with Gasteiger partial charge in [0.25, 0.3) is 0 Å². The average molecular weight is 299 g/mol. The molecule has 21 heavy (non-hydrogen) atoms. The number of hydrogen-bond acceptors (Lipinski definition) is 6. The van der Waals surface area contributed by atoms with Gasteiger partial charge in [0.2, 0.25) is 0 Å². The maximum Gasteiger partial charge on any atom is 0.350 e. The number of methoxy groups -OCH3 is 1. The van der Waals surface area contributed by atoms with Gasteiger partial charge >= 0.3 is 5.97 Å². The third-order valence-electron chi connectivity index (χ3n) is 3.09. The van der Waals surface area contributed by atoms with Gasteiger partial charge in [-0.15, -0.1) is 0 Å². The first-order valence-corrected chi connectivity index (χ1v) is 7.16. The van der Waals surface area contributed by atoms with Crippen LogP contribution in [0.4, 0.5) is 10.8 Å². The molecule has 0 aliphatic rings. The van der Waals surface area contributed by atoms with Crippen LogP contribution in [0.5, 0.6) is 0 Å². The van der Waals surface area contributed by atoms with Crippen LogP contribution < -0.4 is 5.32 Å². The molecule has 5 nitrogen and oxygen atoms in total. The zero-order chi connectivity index (χ0) is 14.8. The van der Waals surface area contributed by atoms with Crippen molar-refractivity contribution in [2.75, 3.05) is 12.4 Å². The van der Waals surface area contributed by atoms with Crippen LogP contribution in [0.1, 0.15) is 15.4 Å². The van der Waals surface area contributed by atoms with Gasteiger partial charge in [0.15, 0.2) is 5.13 Å². The molecular formula is C15H13N3O2S. The first-order valence-electron chi connectivity index (χ1n) is 6.34. The van der Waals surface area contributed by atoms with Crippen molar-refractivity contribution in [3.8, 4) is 0 Å². The molecule has 0 saturated heterocycles. The third kappa shape index (κ3) is 2.57. The zero-order valence-corrected chi connectivity index (χ0v) is 12.4. The maximum atomic E-state index is 11.6. The minimum Gasteiger partial charge on any atom is -0.465 e. The van der Waals surface area contributed by atoms with E-state index in [-0.39, 0.29) is 5.97 Å². The smallest absolute Gasteiger partial charge is 0.350 e. The number of fused-ring (bicyclic) bond motifs is 1. The van der Waals surface area contributed by atoms with Crippen LogP contribution in [0.15, 0.2) is 36.7 Å². The van der Waals surface area contributed by atoms with Crippen LogP contribution in [-0.4, -0.2) is 23.0 Å². The highest BCUT2D eigenvalue weighted by Gasteiger charge is 2.16. The predicted octanol–water partition coefficient (Wildman–Crippen LogP) is 3.53. The number of nitrogens with zero attached hydrogens (tertiary/aromatic N) is 2. The molecule has 2 heterocycles. The van der Waals surface area contributed by atoms with Crippen molar-refractivity contribution in [2.24, 2.45) is 0 Å². The molecule has 0 radical (unpaired) electrons. The molecule has 6 heteroatoms. The number of pyridine rings is 1. The second-order valence-electron chi connectivity index (χ2n) is 4.45. The minimum absolute atomic E-state index is 0.361. The molecule has 3 rings (SSSR count). The van der Waals surface area contributed by atoms with E-state index in [1.807, 2.05) is 30.5 Å². The molecule has 0 unspecified atom stereocenters. The summed E-state index contributed by atoms with van der Waals surface area (Å²) in [5.41, 5.74) is 1.59. The van der Waals surface area contributed by atoms with E-state index >= 15 is 0 Å². The Labute approximate surface area is 125 Å². The summed E-state index contributed by atoms with van der Waals surface area (Å²) >= 11 is 1.28. The van der Waals surface area contributed by atoms with Gasteiger partial charge in [-0.3, -0.25) is 4.98 Å². The van der Waals surface area contributed by atoms with Crippen LogP contribution in [-0.2, 0) is 4.74 Å².